The molecule has 0 fully saturated rings. The van der Waals surface area contributed by atoms with Crippen LogP contribution in [0.25, 0.3) is 0 Å². The molecular formula is C13H25N. The van der Waals surface area contributed by atoms with Crippen molar-refractivity contribution in [3.05, 3.63) is 0 Å². The molecule has 0 rings (SSSR count). The highest BCUT2D eigenvalue weighted by Crippen LogP contribution is 2.10. The van der Waals surface area contributed by atoms with Gasteiger partial charge in [-0.25, -0.2) is 0 Å². The molecule has 0 amide bonds. The van der Waals surface area contributed by atoms with E-state index in [-0.39, 0.29) is 0 Å². The summed E-state index contributed by atoms with van der Waals surface area (Å²) in [7, 11) is 0. The first-order valence-electron chi connectivity index (χ1n) is 5.81. The van der Waals surface area contributed by atoms with E-state index in [1.165, 1.54) is 19.3 Å². The van der Waals surface area contributed by atoms with Crippen LogP contribution in [-0.2, 0) is 0 Å². The Morgan fingerprint density at radius 3 is 2.50 bits per heavy atom. The van der Waals surface area contributed by atoms with Gasteiger partial charge in [-0.05, 0) is 44.2 Å². The van der Waals surface area contributed by atoms with E-state index in [0.29, 0.717) is 0 Å². The third kappa shape index (κ3) is 9.61. The van der Waals surface area contributed by atoms with Gasteiger partial charge in [0, 0.05) is 6.42 Å². The zero-order valence-corrected chi connectivity index (χ0v) is 9.97. The molecule has 0 radical (unpaired) electrons. The van der Waals surface area contributed by atoms with Gasteiger partial charge in [0.05, 0.1) is 0 Å². The van der Waals surface area contributed by atoms with Crippen molar-refractivity contribution in [3.63, 3.8) is 0 Å². The molecule has 1 nitrogen and oxygen atoms in total. The molecule has 0 aromatic rings. The lowest BCUT2D eigenvalue weighted by molar-refractivity contribution is 0.445. The van der Waals surface area contributed by atoms with Crippen molar-refractivity contribution in [2.45, 2.75) is 46.5 Å². The quantitative estimate of drug-likeness (QED) is 0.463. The Bertz CT molecular complexity index is 155. The highest BCUT2D eigenvalue weighted by molar-refractivity contribution is 4.83. The molecule has 1 heteroatoms. The lowest BCUT2D eigenvalue weighted by Gasteiger charge is -2.12. The van der Waals surface area contributed by atoms with E-state index in [9.17, 15) is 0 Å². The second-order valence-electron chi connectivity index (χ2n) is 4.59. The largest absolute Gasteiger partial charge is 0.316 e. The van der Waals surface area contributed by atoms with E-state index in [1.54, 1.807) is 0 Å². The Morgan fingerprint density at radius 1 is 1.21 bits per heavy atom. The molecule has 0 spiro atoms. The number of hydrogen-bond donors (Lipinski definition) is 1. The predicted molar refractivity (Wildman–Crippen MR) is 64.2 cm³/mol. The van der Waals surface area contributed by atoms with Crippen LogP contribution in [0.1, 0.15) is 46.5 Å². The van der Waals surface area contributed by atoms with Crippen LogP contribution in [0.5, 0.6) is 0 Å². The van der Waals surface area contributed by atoms with E-state index >= 15 is 0 Å². The van der Waals surface area contributed by atoms with Crippen molar-refractivity contribution in [1.29, 1.82) is 0 Å². The Kier molecular flexibility index (Phi) is 8.78. The summed E-state index contributed by atoms with van der Waals surface area (Å²) in [5.41, 5.74) is 0. The number of rotatable bonds is 8. The fraction of sp³-hybridized carbons (Fsp3) is 0.846. The Balaban J connectivity index is 3.19. The molecule has 0 aliphatic rings. The highest BCUT2D eigenvalue weighted by atomic mass is 14.8. The van der Waals surface area contributed by atoms with Crippen molar-refractivity contribution in [2.24, 2.45) is 11.8 Å². The molecule has 0 saturated heterocycles. The fourth-order valence-electron chi connectivity index (χ4n) is 1.44. The molecule has 1 N–H and O–H groups in total. The van der Waals surface area contributed by atoms with Crippen molar-refractivity contribution >= 4 is 0 Å². The Hall–Kier alpha value is -0.480. The molecule has 0 saturated carbocycles. The van der Waals surface area contributed by atoms with Gasteiger partial charge in [0.15, 0.2) is 0 Å². The predicted octanol–water partition coefficient (Wildman–Crippen LogP) is 3.06. The Morgan fingerprint density at radius 2 is 1.93 bits per heavy atom. The van der Waals surface area contributed by atoms with Gasteiger partial charge in [-0.1, -0.05) is 20.8 Å². The molecule has 0 bridgehead atoms. The second-order valence-corrected chi connectivity index (χ2v) is 4.59. The van der Waals surface area contributed by atoms with Gasteiger partial charge in [-0.3, -0.25) is 0 Å². The van der Waals surface area contributed by atoms with Crippen LogP contribution < -0.4 is 5.32 Å². The molecule has 0 aromatic carbocycles. The molecule has 0 aromatic heterocycles. The average Bonchev–Trinajstić information content (AvgIpc) is 2.13. The topological polar surface area (TPSA) is 12.0 Å². The molecule has 0 aliphatic heterocycles. The van der Waals surface area contributed by atoms with Crippen molar-refractivity contribution < 1.29 is 0 Å². The molecule has 0 aliphatic carbocycles. The molecule has 0 heterocycles. The first-order valence-corrected chi connectivity index (χ1v) is 5.81. The van der Waals surface area contributed by atoms with Crippen LogP contribution >= 0.6 is 0 Å². The first-order chi connectivity index (χ1) is 6.66. The normalized spacial score (nSPS) is 12.8. The van der Waals surface area contributed by atoms with Gasteiger partial charge >= 0.3 is 0 Å². The number of nitrogens with one attached hydrogen (secondary N) is 1. The van der Waals surface area contributed by atoms with Gasteiger partial charge in [0.2, 0.25) is 0 Å². The van der Waals surface area contributed by atoms with Crippen LogP contribution in [0.2, 0.25) is 0 Å². The van der Waals surface area contributed by atoms with Crippen molar-refractivity contribution in [2.75, 3.05) is 13.1 Å². The lowest BCUT2D eigenvalue weighted by Crippen LogP contribution is -2.22. The third-order valence-corrected chi connectivity index (χ3v) is 2.38. The molecule has 1 atom stereocenters. The van der Waals surface area contributed by atoms with E-state index in [0.717, 1.165) is 31.3 Å². The summed E-state index contributed by atoms with van der Waals surface area (Å²) in [5.74, 6) is 4.25. The van der Waals surface area contributed by atoms with Crippen LogP contribution in [-0.4, -0.2) is 13.1 Å². The van der Waals surface area contributed by atoms with Crippen LogP contribution in [0.15, 0.2) is 0 Å². The zero-order valence-electron chi connectivity index (χ0n) is 9.97. The Labute approximate surface area is 89.7 Å². The number of hydrogen-bond acceptors (Lipinski definition) is 1. The van der Waals surface area contributed by atoms with Crippen LogP contribution in [0.4, 0.5) is 0 Å². The van der Waals surface area contributed by atoms with Gasteiger partial charge in [-0.2, -0.15) is 0 Å². The average molecular weight is 195 g/mol. The van der Waals surface area contributed by atoms with Crippen molar-refractivity contribution in [1.82, 2.24) is 5.32 Å². The molecular weight excluding hydrogens is 170 g/mol. The van der Waals surface area contributed by atoms with Crippen molar-refractivity contribution in [3.8, 4) is 12.3 Å². The zero-order chi connectivity index (χ0) is 10.8. The van der Waals surface area contributed by atoms with Crippen LogP contribution in [0, 0.1) is 24.2 Å². The van der Waals surface area contributed by atoms with Gasteiger partial charge < -0.3 is 5.32 Å². The first kappa shape index (κ1) is 13.5. The smallest absolute Gasteiger partial charge is 0.00861 e. The highest BCUT2D eigenvalue weighted by Gasteiger charge is 2.01. The van der Waals surface area contributed by atoms with Gasteiger partial charge in [0.1, 0.15) is 0 Å². The van der Waals surface area contributed by atoms with E-state index in [1.807, 2.05) is 0 Å². The SMILES string of the molecule is C#CCCCC(C)CCNCC(C)C. The summed E-state index contributed by atoms with van der Waals surface area (Å²) in [5, 5.41) is 3.47. The monoisotopic (exact) mass is 195 g/mol. The summed E-state index contributed by atoms with van der Waals surface area (Å²) in [6.45, 7) is 9.08. The maximum absolute atomic E-state index is 5.21. The fourth-order valence-corrected chi connectivity index (χ4v) is 1.44. The minimum Gasteiger partial charge on any atom is -0.316 e. The second kappa shape index (κ2) is 9.09. The van der Waals surface area contributed by atoms with Gasteiger partial charge in [0.25, 0.3) is 0 Å². The summed E-state index contributed by atoms with van der Waals surface area (Å²) in [6.07, 6.45) is 9.87. The summed E-state index contributed by atoms with van der Waals surface area (Å²) in [6, 6.07) is 0. The van der Waals surface area contributed by atoms with Gasteiger partial charge in [-0.15, -0.1) is 12.3 Å². The number of terminal acetylenes is 1. The minimum atomic E-state index is 0.756. The maximum atomic E-state index is 5.21. The molecule has 1 unspecified atom stereocenters. The minimum absolute atomic E-state index is 0.756. The summed E-state index contributed by atoms with van der Waals surface area (Å²) >= 11 is 0. The maximum Gasteiger partial charge on any atom is 0.00861 e. The standard InChI is InChI=1S/C13H25N/c1-5-6-7-8-13(4)9-10-14-11-12(2)3/h1,12-14H,6-11H2,2-4H3. The van der Waals surface area contributed by atoms with E-state index in [2.05, 4.69) is 32.0 Å². The lowest BCUT2D eigenvalue weighted by atomic mass is 10.0. The van der Waals surface area contributed by atoms with Crippen LogP contribution in [0.3, 0.4) is 0 Å². The third-order valence-electron chi connectivity index (χ3n) is 2.38. The number of unbranched alkanes of at least 4 members (excludes halogenated alkanes) is 1. The van der Waals surface area contributed by atoms with E-state index in [4.69, 9.17) is 6.42 Å². The molecule has 14 heavy (non-hydrogen) atoms. The molecule has 82 valence electrons. The summed E-state index contributed by atoms with van der Waals surface area (Å²) < 4.78 is 0. The van der Waals surface area contributed by atoms with E-state index < -0.39 is 0 Å². The summed E-state index contributed by atoms with van der Waals surface area (Å²) in [4.78, 5) is 0.